The van der Waals surface area contributed by atoms with E-state index in [-0.39, 0.29) is 11.9 Å². The smallest absolute Gasteiger partial charge is 0.201 e. The van der Waals surface area contributed by atoms with Crippen LogP contribution in [0.3, 0.4) is 0 Å². The molecule has 1 aromatic carbocycles. The number of fused-ring (bicyclic) bond motifs is 1. The number of aromatic nitrogens is 2. The number of hydrogen-bond acceptors (Lipinski definition) is 3. The van der Waals surface area contributed by atoms with Crippen LogP contribution >= 0.6 is 15.9 Å². The molecule has 4 nitrogen and oxygen atoms in total. The summed E-state index contributed by atoms with van der Waals surface area (Å²) in [5.74, 6) is 0.900. The Hall–Kier alpha value is -1.82. The van der Waals surface area contributed by atoms with E-state index in [4.69, 9.17) is 10.2 Å². The van der Waals surface area contributed by atoms with Gasteiger partial charge in [-0.1, -0.05) is 0 Å². The Morgan fingerprint density at radius 1 is 1.50 bits per heavy atom. The van der Waals surface area contributed by atoms with Crippen LogP contribution in [0, 0.1) is 5.82 Å². The number of furan rings is 1. The van der Waals surface area contributed by atoms with Gasteiger partial charge in [-0.3, -0.25) is 0 Å². The maximum Gasteiger partial charge on any atom is 0.201 e. The number of rotatable bonds is 3. The highest BCUT2D eigenvalue weighted by molar-refractivity contribution is 9.10. The van der Waals surface area contributed by atoms with Crippen molar-refractivity contribution in [3.63, 3.8) is 0 Å². The third-order valence-corrected chi connectivity index (χ3v) is 3.88. The normalized spacial score (nSPS) is 12.9. The van der Waals surface area contributed by atoms with E-state index in [2.05, 4.69) is 20.9 Å². The average Bonchev–Trinajstić information content (AvgIpc) is 2.97. The highest BCUT2D eigenvalue weighted by atomic mass is 79.9. The van der Waals surface area contributed by atoms with Gasteiger partial charge in [0.05, 0.1) is 21.8 Å². The van der Waals surface area contributed by atoms with E-state index >= 15 is 0 Å². The third kappa shape index (κ3) is 2.20. The summed E-state index contributed by atoms with van der Waals surface area (Å²) in [5, 5.41) is 0. The van der Waals surface area contributed by atoms with E-state index in [1.54, 1.807) is 12.3 Å². The van der Waals surface area contributed by atoms with E-state index < -0.39 is 0 Å². The molecule has 0 amide bonds. The molecule has 6 heteroatoms. The molecule has 0 spiro atoms. The lowest BCUT2D eigenvalue weighted by Crippen LogP contribution is -2.11. The van der Waals surface area contributed by atoms with Crippen molar-refractivity contribution in [2.45, 2.75) is 19.4 Å². The topological polar surface area (TPSA) is 57.0 Å². The Balaban J connectivity index is 2.06. The first-order valence-electron chi connectivity index (χ1n) is 6.21. The molecule has 0 aliphatic heterocycles. The van der Waals surface area contributed by atoms with Crippen molar-refractivity contribution < 1.29 is 8.81 Å². The second-order valence-electron chi connectivity index (χ2n) is 4.73. The Labute approximate surface area is 123 Å². The molecule has 0 aliphatic rings. The number of halogens is 2. The molecule has 3 aromatic rings. The zero-order valence-electron chi connectivity index (χ0n) is 10.8. The molecular weight excluding hydrogens is 325 g/mol. The van der Waals surface area contributed by atoms with Gasteiger partial charge in [0.25, 0.3) is 0 Å². The van der Waals surface area contributed by atoms with Crippen molar-refractivity contribution in [1.29, 1.82) is 0 Å². The summed E-state index contributed by atoms with van der Waals surface area (Å²) in [5.41, 5.74) is 7.32. The van der Waals surface area contributed by atoms with Crippen LogP contribution in [0.2, 0.25) is 0 Å². The SMILES string of the molecule is CC(Cc1ccco1)n1c(N)nc2cc(Br)c(F)cc21. The Morgan fingerprint density at radius 3 is 3.00 bits per heavy atom. The standard InChI is InChI=1S/C14H13BrFN3O/c1-8(5-9-3-2-4-20-9)19-13-7-11(16)10(15)6-12(13)18-14(19)17/h2-4,6-8H,5H2,1H3,(H2,17,18). The van der Waals surface area contributed by atoms with Crippen molar-refractivity contribution in [2.24, 2.45) is 0 Å². The van der Waals surface area contributed by atoms with Crippen molar-refractivity contribution in [3.05, 3.63) is 46.6 Å². The van der Waals surface area contributed by atoms with Crippen LogP contribution in [0.15, 0.2) is 39.4 Å². The zero-order chi connectivity index (χ0) is 14.3. The lowest BCUT2D eigenvalue weighted by molar-refractivity contribution is 0.456. The highest BCUT2D eigenvalue weighted by Crippen LogP contribution is 2.29. The monoisotopic (exact) mass is 337 g/mol. The van der Waals surface area contributed by atoms with Gasteiger partial charge in [0.15, 0.2) is 0 Å². The number of hydrogen-bond donors (Lipinski definition) is 1. The summed E-state index contributed by atoms with van der Waals surface area (Å²) in [6.07, 6.45) is 2.30. The van der Waals surface area contributed by atoms with E-state index in [1.807, 2.05) is 23.6 Å². The summed E-state index contributed by atoms with van der Waals surface area (Å²) in [6.45, 7) is 2.00. The molecule has 2 heterocycles. The lowest BCUT2D eigenvalue weighted by Gasteiger charge is -2.14. The summed E-state index contributed by atoms with van der Waals surface area (Å²) >= 11 is 3.16. The van der Waals surface area contributed by atoms with Crippen LogP contribution in [0.25, 0.3) is 11.0 Å². The molecule has 0 bridgehead atoms. The fourth-order valence-corrected chi connectivity index (χ4v) is 2.71. The van der Waals surface area contributed by atoms with Gasteiger partial charge >= 0.3 is 0 Å². The van der Waals surface area contributed by atoms with E-state index in [1.165, 1.54) is 6.07 Å². The molecule has 20 heavy (non-hydrogen) atoms. The fraction of sp³-hybridized carbons (Fsp3) is 0.214. The van der Waals surface area contributed by atoms with Gasteiger partial charge in [-0.15, -0.1) is 0 Å². The molecule has 3 rings (SSSR count). The first-order chi connectivity index (χ1) is 9.56. The Bertz CT molecular complexity index is 751. The maximum absolute atomic E-state index is 13.7. The van der Waals surface area contributed by atoms with Crippen molar-refractivity contribution in [1.82, 2.24) is 9.55 Å². The van der Waals surface area contributed by atoms with Gasteiger partial charge in [-0.05, 0) is 41.1 Å². The van der Waals surface area contributed by atoms with Gasteiger partial charge in [0, 0.05) is 18.5 Å². The van der Waals surface area contributed by atoms with Gasteiger partial charge in [-0.25, -0.2) is 9.37 Å². The summed E-state index contributed by atoms with van der Waals surface area (Å²) in [4.78, 5) is 4.28. The highest BCUT2D eigenvalue weighted by Gasteiger charge is 2.17. The van der Waals surface area contributed by atoms with Crippen molar-refractivity contribution in [2.75, 3.05) is 5.73 Å². The van der Waals surface area contributed by atoms with Crippen molar-refractivity contribution in [3.8, 4) is 0 Å². The number of benzene rings is 1. The predicted octanol–water partition coefficient (Wildman–Crippen LogP) is 3.92. The number of nitrogens with zero attached hydrogens (tertiary/aromatic N) is 2. The maximum atomic E-state index is 13.7. The van der Waals surface area contributed by atoms with Crippen LogP contribution < -0.4 is 5.73 Å². The number of anilines is 1. The molecule has 1 unspecified atom stereocenters. The molecule has 0 fully saturated rings. The minimum absolute atomic E-state index is 0.0201. The molecule has 2 aromatic heterocycles. The van der Waals surface area contributed by atoms with E-state index in [9.17, 15) is 4.39 Å². The van der Waals surface area contributed by atoms with E-state index in [0.717, 1.165) is 5.76 Å². The van der Waals surface area contributed by atoms with Crippen LogP contribution in [-0.2, 0) is 6.42 Å². The fourth-order valence-electron chi connectivity index (χ4n) is 2.38. The average molecular weight is 338 g/mol. The first-order valence-corrected chi connectivity index (χ1v) is 7.00. The van der Waals surface area contributed by atoms with Crippen LogP contribution in [0.4, 0.5) is 10.3 Å². The van der Waals surface area contributed by atoms with E-state index in [0.29, 0.717) is 27.9 Å². The van der Waals surface area contributed by atoms with Crippen LogP contribution in [0.1, 0.15) is 18.7 Å². The van der Waals surface area contributed by atoms with Crippen LogP contribution in [-0.4, -0.2) is 9.55 Å². The Kier molecular flexibility index (Phi) is 3.25. The number of imidazole rings is 1. The number of nitrogens with two attached hydrogens (primary N) is 1. The predicted molar refractivity (Wildman–Crippen MR) is 78.9 cm³/mol. The molecule has 0 aliphatic carbocycles. The molecule has 104 valence electrons. The minimum atomic E-state index is -0.330. The molecule has 0 saturated carbocycles. The van der Waals surface area contributed by atoms with Crippen molar-refractivity contribution >= 4 is 32.9 Å². The van der Waals surface area contributed by atoms with Gasteiger partial charge in [0.1, 0.15) is 11.6 Å². The number of nitrogen functional groups attached to an aromatic ring is 1. The molecule has 1 atom stereocenters. The van der Waals surface area contributed by atoms with Gasteiger partial charge < -0.3 is 14.7 Å². The lowest BCUT2D eigenvalue weighted by atomic mass is 10.2. The second-order valence-corrected chi connectivity index (χ2v) is 5.58. The Morgan fingerprint density at radius 2 is 2.30 bits per heavy atom. The third-order valence-electron chi connectivity index (χ3n) is 3.28. The second kappa shape index (κ2) is 4.94. The molecule has 0 radical (unpaired) electrons. The largest absolute Gasteiger partial charge is 0.469 e. The zero-order valence-corrected chi connectivity index (χ0v) is 12.4. The quantitative estimate of drug-likeness (QED) is 0.788. The van der Waals surface area contributed by atoms with Gasteiger partial charge in [-0.2, -0.15) is 0 Å². The summed E-state index contributed by atoms with van der Waals surface area (Å²) < 4.78 is 21.3. The summed E-state index contributed by atoms with van der Waals surface area (Å²) in [7, 11) is 0. The first kappa shape index (κ1) is 13.2. The minimum Gasteiger partial charge on any atom is -0.469 e. The molecular formula is C14H13BrFN3O. The molecule has 0 saturated heterocycles. The van der Waals surface area contributed by atoms with Gasteiger partial charge in [0.2, 0.25) is 5.95 Å². The van der Waals surface area contributed by atoms with Crippen LogP contribution in [0.5, 0.6) is 0 Å². The molecule has 2 N–H and O–H groups in total. The summed E-state index contributed by atoms with van der Waals surface area (Å²) in [6, 6.07) is 6.85.